The smallest absolute Gasteiger partial charge is 0.146 e. The van der Waals surface area contributed by atoms with Gasteiger partial charge >= 0.3 is 0 Å². The van der Waals surface area contributed by atoms with E-state index in [0.717, 1.165) is 9.88 Å². The van der Waals surface area contributed by atoms with E-state index in [0.29, 0.717) is 5.15 Å². The fourth-order valence-electron chi connectivity index (χ4n) is 0.675. The molecule has 0 aliphatic rings. The Morgan fingerprint density at radius 1 is 1.70 bits per heavy atom. The third kappa shape index (κ3) is 1.48. The average Bonchev–Trinajstić information content (AvgIpc) is 2.10. The van der Waals surface area contributed by atoms with E-state index in [1.54, 1.807) is 6.92 Å². The van der Waals surface area contributed by atoms with Crippen LogP contribution < -0.4 is 0 Å². The average molecular weight is 178 g/mol. The van der Waals surface area contributed by atoms with Crippen molar-refractivity contribution in [3.05, 3.63) is 15.0 Å². The van der Waals surface area contributed by atoms with Gasteiger partial charge < -0.3 is 5.11 Å². The second kappa shape index (κ2) is 2.86. The minimum absolute atomic E-state index is 0.428. The fourth-order valence-corrected chi connectivity index (χ4v) is 1.88. The predicted molar refractivity (Wildman–Crippen MR) is 42.5 cm³/mol. The SMILES string of the molecule is Cc1nc(Cl)c(C(C)O)s1. The van der Waals surface area contributed by atoms with Crippen LogP contribution in [0.15, 0.2) is 0 Å². The van der Waals surface area contributed by atoms with Crippen molar-refractivity contribution >= 4 is 22.9 Å². The standard InChI is InChI=1S/C6H8ClNOS/c1-3(9)5-6(7)8-4(2)10-5/h3,9H,1-2H3. The van der Waals surface area contributed by atoms with Gasteiger partial charge in [-0.05, 0) is 13.8 Å². The number of aliphatic hydroxyl groups is 1. The van der Waals surface area contributed by atoms with Crippen molar-refractivity contribution in [1.29, 1.82) is 0 Å². The number of hydrogen-bond acceptors (Lipinski definition) is 3. The monoisotopic (exact) mass is 177 g/mol. The first kappa shape index (κ1) is 7.98. The zero-order chi connectivity index (χ0) is 7.72. The van der Waals surface area contributed by atoms with Crippen molar-refractivity contribution in [2.75, 3.05) is 0 Å². The third-order valence-corrected chi connectivity index (χ3v) is 2.64. The number of aromatic nitrogens is 1. The quantitative estimate of drug-likeness (QED) is 0.713. The Labute approximate surface area is 68.5 Å². The van der Waals surface area contributed by atoms with E-state index >= 15 is 0 Å². The Kier molecular flexibility index (Phi) is 2.28. The van der Waals surface area contributed by atoms with Crippen LogP contribution in [0.5, 0.6) is 0 Å². The zero-order valence-corrected chi connectivity index (χ0v) is 7.33. The largest absolute Gasteiger partial charge is 0.388 e. The van der Waals surface area contributed by atoms with Gasteiger partial charge in [-0.15, -0.1) is 11.3 Å². The molecule has 0 aliphatic carbocycles. The van der Waals surface area contributed by atoms with Crippen molar-refractivity contribution in [2.45, 2.75) is 20.0 Å². The van der Waals surface area contributed by atoms with Gasteiger partial charge in [-0.1, -0.05) is 11.6 Å². The van der Waals surface area contributed by atoms with Crippen LogP contribution in [-0.2, 0) is 0 Å². The summed E-state index contributed by atoms with van der Waals surface area (Å²) in [7, 11) is 0. The molecular formula is C6H8ClNOS. The lowest BCUT2D eigenvalue weighted by molar-refractivity contribution is 0.203. The van der Waals surface area contributed by atoms with Crippen LogP contribution >= 0.6 is 22.9 Å². The number of nitrogens with zero attached hydrogens (tertiary/aromatic N) is 1. The number of aryl methyl sites for hydroxylation is 1. The molecule has 0 amide bonds. The molecule has 1 unspecified atom stereocenters. The third-order valence-electron chi connectivity index (χ3n) is 1.10. The number of thiazole rings is 1. The molecule has 56 valence electrons. The van der Waals surface area contributed by atoms with Crippen molar-refractivity contribution in [3.63, 3.8) is 0 Å². The molecule has 1 heterocycles. The maximum atomic E-state index is 9.10. The molecule has 0 fully saturated rings. The topological polar surface area (TPSA) is 33.1 Å². The summed E-state index contributed by atoms with van der Waals surface area (Å²) in [6.07, 6.45) is -0.501. The molecule has 0 aromatic carbocycles. The highest BCUT2D eigenvalue weighted by atomic mass is 35.5. The summed E-state index contributed by atoms with van der Waals surface area (Å²) < 4.78 is 0. The number of rotatable bonds is 1. The molecule has 0 radical (unpaired) electrons. The van der Waals surface area contributed by atoms with E-state index < -0.39 is 6.10 Å². The van der Waals surface area contributed by atoms with Gasteiger partial charge in [0.2, 0.25) is 0 Å². The highest BCUT2D eigenvalue weighted by Gasteiger charge is 2.10. The van der Waals surface area contributed by atoms with Crippen molar-refractivity contribution in [3.8, 4) is 0 Å². The normalized spacial score (nSPS) is 13.6. The molecule has 10 heavy (non-hydrogen) atoms. The molecule has 0 bridgehead atoms. The summed E-state index contributed by atoms with van der Waals surface area (Å²) >= 11 is 7.11. The molecule has 1 aromatic heterocycles. The van der Waals surface area contributed by atoms with Gasteiger partial charge in [0.1, 0.15) is 5.15 Å². The molecule has 0 aliphatic heterocycles. The van der Waals surface area contributed by atoms with Crippen LogP contribution in [0.25, 0.3) is 0 Å². The minimum Gasteiger partial charge on any atom is -0.388 e. The summed E-state index contributed by atoms with van der Waals surface area (Å²) in [6.45, 7) is 3.54. The van der Waals surface area contributed by atoms with Crippen LogP contribution in [0.4, 0.5) is 0 Å². The second-order valence-electron chi connectivity index (χ2n) is 2.06. The van der Waals surface area contributed by atoms with E-state index in [2.05, 4.69) is 4.98 Å². The molecule has 0 saturated carbocycles. The molecular weight excluding hydrogens is 170 g/mol. The van der Waals surface area contributed by atoms with E-state index in [1.807, 2.05) is 6.92 Å². The van der Waals surface area contributed by atoms with Gasteiger partial charge in [0, 0.05) is 0 Å². The molecule has 2 nitrogen and oxygen atoms in total. The van der Waals surface area contributed by atoms with Crippen LogP contribution in [0.2, 0.25) is 5.15 Å². The lowest BCUT2D eigenvalue weighted by Gasteiger charge is -1.96. The lowest BCUT2D eigenvalue weighted by atomic mass is 10.4. The molecule has 1 aromatic rings. The van der Waals surface area contributed by atoms with Gasteiger partial charge in [-0.3, -0.25) is 0 Å². The molecule has 1 rings (SSSR count). The van der Waals surface area contributed by atoms with Crippen LogP contribution in [0.3, 0.4) is 0 Å². The van der Waals surface area contributed by atoms with Crippen LogP contribution in [0, 0.1) is 6.92 Å². The van der Waals surface area contributed by atoms with Gasteiger partial charge in [-0.25, -0.2) is 4.98 Å². The van der Waals surface area contributed by atoms with E-state index in [9.17, 15) is 0 Å². The zero-order valence-electron chi connectivity index (χ0n) is 5.76. The van der Waals surface area contributed by atoms with Gasteiger partial charge in [0.05, 0.1) is 16.0 Å². The Bertz CT molecular complexity index is 234. The summed E-state index contributed by atoms with van der Waals surface area (Å²) in [4.78, 5) is 4.71. The Morgan fingerprint density at radius 3 is 2.50 bits per heavy atom. The summed E-state index contributed by atoms with van der Waals surface area (Å²) in [5.74, 6) is 0. The summed E-state index contributed by atoms with van der Waals surface area (Å²) in [6, 6.07) is 0. The maximum Gasteiger partial charge on any atom is 0.146 e. The lowest BCUT2D eigenvalue weighted by Crippen LogP contribution is -1.85. The van der Waals surface area contributed by atoms with Crippen molar-refractivity contribution in [1.82, 2.24) is 4.98 Å². The molecule has 0 saturated heterocycles. The van der Waals surface area contributed by atoms with Crippen molar-refractivity contribution in [2.24, 2.45) is 0 Å². The molecule has 1 atom stereocenters. The molecule has 4 heteroatoms. The summed E-state index contributed by atoms with van der Waals surface area (Å²) in [5, 5.41) is 10.4. The number of halogens is 1. The van der Waals surface area contributed by atoms with E-state index in [-0.39, 0.29) is 0 Å². The second-order valence-corrected chi connectivity index (χ2v) is 3.66. The van der Waals surface area contributed by atoms with Gasteiger partial charge in [0.25, 0.3) is 0 Å². The maximum absolute atomic E-state index is 9.10. The van der Waals surface area contributed by atoms with Gasteiger partial charge in [-0.2, -0.15) is 0 Å². The minimum atomic E-state index is -0.501. The first-order chi connectivity index (χ1) is 4.61. The molecule has 0 spiro atoms. The summed E-state index contributed by atoms with van der Waals surface area (Å²) in [5.41, 5.74) is 0. The van der Waals surface area contributed by atoms with E-state index in [4.69, 9.17) is 16.7 Å². The van der Waals surface area contributed by atoms with Crippen LogP contribution in [-0.4, -0.2) is 10.1 Å². The Hall–Kier alpha value is -0.120. The fraction of sp³-hybridized carbons (Fsp3) is 0.500. The highest BCUT2D eigenvalue weighted by Crippen LogP contribution is 2.27. The predicted octanol–water partition coefficient (Wildman–Crippen LogP) is 2.16. The first-order valence-electron chi connectivity index (χ1n) is 2.92. The highest BCUT2D eigenvalue weighted by molar-refractivity contribution is 7.12. The van der Waals surface area contributed by atoms with Crippen LogP contribution in [0.1, 0.15) is 22.9 Å². The first-order valence-corrected chi connectivity index (χ1v) is 4.11. The Morgan fingerprint density at radius 2 is 2.30 bits per heavy atom. The number of hydrogen-bond donors (Lipinski definition) is 1. The Balaban J connectivity index is 3.03. The molecule has 1 N–H and O–H groups in total. The van der Waals surface area contributed by atoms with Gasteiger partial charge in [0.15, 0.2) is 0 Å². The number of aliphatic hydroxyl groups excluding tert-OH is 1. The van der Waals surface area contributed by atoms with E-state index in [1.165, 1.54) is 11.3 Å². The van der Waals surface area contributed by atoms with Crippen molar-refractivity contribution < 1.29 is 5.11 Å².